The summed E-state index contributed by atoms with van der Waals surface area (Å²) >= 11 is 0. The van der Waals surface area contributed by atoms with Crippen molar-refractivity contribution in [1.29, 1.82) is 0 Å². The average Bonchev–Trinajstić information content (AvgIpc) is 2.75. The Balaban J connectivity index is 2.07. The molecule has 3 aromatic rings. The van der Waals surface area contributed by atoms with Crippen LogP contribution in [0.15, 0.2) is 58.1 Å². The molecule has 5 nitrogen and oxygen atoms in total. The van der Waals surface area contributed by atoms with Gasteiger partial charge in [-0.2, -0.15) is 0 Å². The van der Waals surface area contributed by atoms with Crippen LogP contribution in [0.5, 0.6) is 0 Å². The van der Waals surface area contributed by atoms with Crippen molar-refractivity contribution < 1.29 is 0 Å². The van der Waals surface area contributed by atoms with Crippen molar-refractivity contribution in [3.63, 3.8) is 0 Å². The van der Waals surface area contributed by atoms with Crippen molar-refractivity contribution >= 4 is 0 Å². The van der Waals surface area contributed by atoms with Gasteiger partial charge in [-0.3, -0.25) is 0 Å². The first-order valence-electron chi connectivity index (χ1n) is 7.09. The van der Waals surface area contributed by atoms with E-state index in [-0.39, 0.29) is 12.2 Å². The molecule has 0 amide bonds. The van der Waals surface area contributed by atoms with Gasteiger partial charge in [-0.05, 0) is 42.7 Å². The molecule has 112 valence electrons. The highest BCUT2D eigenvalue weighted by Gasteiger charge is 2.11. The molecule has 0 bridgehead atoms. The van der Waals surface area contributed by atoms with E-state index in [4.69, 9.17) is 0 Å². The summed E-state index contributed by atoms with van der Waals surface area (Å²) < 4.78 is 2.50. The molecule has 0 saturated heterocycles. The Kier molecular flexibility index (Phi) is 3.55. The molecule has 0 spiro atoms. The summed E-state index contributed by atoms with van der Waals surface area (Å²) in [5, 5.41) is 2.62. The largest absolute Gasteiger partial charge is 0.352 e. The lowest BCUT2D eigenvalue weighted by Crippen LogP contribution is -2.29. The molecule has 3 rings (SSSR count). The van der Waals surface area contributed by atoms with Crippen LogP contribution in [0.1, 0.15) is 16.7 Å². The molecule has 0 aliphatic rings. The van der Waals surface area contributed by atoms with E-state index in [1.807, 2.05) is 62.4 Å². The molecule has 5 heteroatoms. The predicted molar refractivity (Wildman–Crippen MR) is 85.7 cm³/mol. The molecule has 0 fully saturated rings. The third-order valence-corrected chi connectivity index (χ3v) is 3.52. The van der Waals surface area contributed by atoms with Gasteiger partial charge in [0.2, 0.25) is 0 Å². The minimum atomic E-state index is -0.409. The lowest BCUT2D eigenvalue weighted by molar-refractivity contribution is 0.722. The number of hydrogen-bond acceptors (Lipinski definition) is 2. The second kappa shape index (κ2) is 5.52. The first-order chi connectivity index (χ1) is 10.5. The van der Waals surface area contributed by atoms with E-state index in [9.17, 15) is 9.59 Å². The summed E-state index contributed by atoms with van der Waals surface area (Å²) in [6.45, 7) is 4.17. The van der Waals surface area contributed by atoms with E-state index < -0.39 is 5.69 Å². The monoisotopic (exact) mass is 295 g/mol. The Morgan fingerprint density at radius 1 is 0.955 bits per heavy atom. The van der Waals surface area contributed by atoms with Gasteiger partial charge in [0, 0.05) is 0 Å². The van der Waals surface area contributed by atoms with Crippen LogP contribution in [0.2, 0.25) is 0 Å². The Labute approximate surface area is 127 Å². The number of nitrogens with zero attached hydrogens (tertiary/aromatic N) is 2. The van der Waals surface area contributed by atoms with Gasteiger partial charge >= 0.3 is 11.4 Å². The number of nitrogens with one attached hydrogen (secondary N) is 1. The number of rotatable bonds is 3. The molecule has 0 unspecified atom stereocenters. The van der Waals surface area contributed by atoms with E-state index >= 15 is 0 Å². The van der Waals surface area contributed by atoms with Gasteiger partial charge in [-0.15, -0.1) is 0 Å². The zero-order valence-corrected chi connectivity index (χ0v) is 12.5. The molecule has 1 heterocycles. The second-order valence-electron chi connectivity index (χ2n) is 5.45. The first-order valence-corrected chi connectivity index (χ1v) is 7.09. The van der Waals surface area contributed by atoms with E-state index in [0.29, 0.717) is 5.69 Å². The fourth-order valence-electron chi connectivity index (χ4n) is 2.57. The Morgan fingerprint density at radius 3 is 2.23 bits per heavy atom. The quantitative estimate of drug-likeness (QED) is 0.803. The van der Waals surface area contributed by atoms with E-state index in [1.54, 1.807) is 0 Å². The van der Waals surface area contributed by atoms with Crippen molar-refractivity contribution in [2.24, 2.45) is 0 Å². The standard InChI is InChI=1S/C17H17N3O2/c1-12-8-13(2)10-15(9-12)20-17(22)19(16(21)18-20)11-14-6-4-3-5-7-14/h3-10H,11H2,1-2H3,(H,18,21). The minimum Gasteiger partial charge on any atom is -0.246 e. The highest BCUT2D eigenvalue weighted by atomic mass is 16.2. The topological polar surface area (TPSA) is 59.8 Å². The van der Waals surface area contributed by atoms with Crippen molar-refractivity contribution in [1.82, 2.24) is 14.3 Å². The van der Waals surface area contributed by atoms with Gasteiger partial charge in [0.15, 0.2) is 0 Å². The molecule has 22 heavy (non-hydrogen) atoms. The van der Waals surface area contributed by atoms with Crippen LogP contribution in [-0.4, -0.2) is 14.3 Å². The van der Waals surface area contributed by atoms with Crippen LogP contribution in [0.4, 0.5) is 0 Å². The van der Waals surface area contributed by atoms with Gasteiger partial charge in [0.1, 0.15) is 0 Å². The lowest BCUT2D eigenvalue weighted by atomic mass is 10.1. The van der Waals surface area contributed by atoms with Gasteiger partial charge in [-0.25, -0.2) is 23.9 Å². The van der Waals surface area contributed by atoms with E-state index in [1.165, 1.54) is 9.25 Å². The Hall–Kier alpha value is -2.82. The van der Waals surface area contributed by atoms with Crippen LogP contribution in [-0.2, 0) is 6.54 Å². The molecule has 0 atom stereocenters. The molecule has 1 aromatic heterocycles. The molecule has 0 aliphatic heterocycles. The van der Waals surface area contributed by atoms with Crippen molar-refractivity contribution in [2.45, 2.75) is 20.4 Å². The summed E-state index contributed by atoms with van der Waals surface area (Å²) in [4.78, 5) is 24.6. The van der Waals surface area contributed by atoms with Crippen molar-refractivity contribution in [3.8, 4) is 5.69 Å². The molecule has 0 saturated carbocycles. The van der Waals surface area contributed by atoms with Crippen molar-refractivity contribution in [2.75, 3.05) is 0 Å². The normalized spacial score (nSPS) is 10.8. The minimum absolute atomic E-state index is 0.257. The summed E-state index contributed by atoms with van der Waals surface area (Å²) in [6, 6.07) is 15.2. The highest BCUT2D eigenvalue weighted by molar-refractivity contribution is 5.38. The van der Waals surface area contributed by atoms with Crippen LogP contribution in [0.25, 0.3) is 5.69 Å². The highest BCUT2D eigenvalue weighted by Crippen LogP contribution is 2.10. The van der Waals surface area contributed by atoms with E-state index in [0.717, 1.165) is 16.7 Å². The molecular weight excluding hydrogens is 278 g/mol. The van der Waals surface area contributed by atoms with Crippen LogP contribution >= 0.6 is 0 Å². The zero-order chi connectivity index (χ0) is 15.7. The number of aromatic amines is 1. The fourth-order valence-corrected chi connectivity index (χ4v) is 2.57. The third kappa shape index (κ3) is 2.65. The number of aryl methyl sites for hydroxylation is 2. The van der Waals surface area contributed by atoms with Crippen molar-refractivity contribution in [3.05, 3.63) is 86.2 Å². The maximum atomic E-state index is 12.5. The number of aromatic nitrogens is 3. The fraction of sp³-hybridized carbons (Fsp3) is 0.176. The maximum Gasteiger partial charge on any atom is 0.352 e. The Morgan fingerprint density at radius 2 is 1.59 bits per heavy atom. The second-order valence-corrected chi connectivity index (χ2v) is 5.45. The summed E-state index contributed by atoms with van der Waals surface area (Å²) in [7, 11) is 0. The average molecular weight is 295 g/mol. The molecule has 1 N–H and O–H groups in total. The molecule has 0 aliphatic carbocycles. The number of benzene rings is 2. The van der Waals surface area contributed by atoms with Crippen LogP contribution in [0, 0.1) is 13.8 Å². The van der Waals surface area contributed by atoms with Gasteiger partial charge < -0.3 is 0 Å². The lowest BCUT2D eigenvalue weighted by Gasteiger charge is -2.04. The van der Waals surface area contributed by atoms with Crippen LogP contribution < -0.4 is 11.4 Å². The van der Waals surface area contributed by atoms with E-state index in [2.05, 4.69) is 5.10 Å². The molecular formula is C17H17N3O2. The van der Waals surface area contributed by atoms with Gasteiger partial charge in [0.05, 0.1) is 12.2 Å². The Bertz CT molecular complexity index is 897. The molecule has 0 radical (unpaired) electrons. The summed E-state index contributed by atoms with van der Waals surface area (Å²) in [6.07, 6.45) is 0. The number of hydrogen-bond donors (Lipinski definition) is 1. The zero-order valence-electron chi connectivity index (χ0n) is 12.5. The smallest absolute Gasteiger partial charge is 0.246 e. The van der Waals surface area contributed by atoms with Gasteiger partial charge in [-0.1, -0.05) is 36.4 Å². The van der Waals surface area contributed by atoms with Gasteiger partial charge in [0.25, 0.3) is 0 Å². The number of H-pyrrole nitrogens is 1. The first kappa shape index (κ1) is 14.1. The molecule has 2 aromatic carbocycles. The maximum absolute atomic E-state index is 12.5. The SMILES string of the molecule is Cc1cc(C)cc(-n2[nH]c(=O)n(Cc3ccccc3)c2=O)c1. The predicted octanol–water partition coefficient (Wildman–Crippen LogP) is 1.99. The third-order valence-electron chi connectivity index (χ3n) is 3.52. The van der Waals surface area contributed by atoms with Crippen LogP contribution in [0.3, 0.4) is 0 Å². The summed E-state index contributed by atoms with van der Waals surface area (Å²) in [5.74, 6) is 0. The summed E-state index contributed by atoms with van der Waals surface area (Å²) in [5.41, 5.74) is 2.89.